The molecule has 1 saturated heterocycles. The summed E-state index contributed by atoms with van der Waals surface area (Å²) in [7, 11) is -4.00. The van der Waals surface area contributed by atoms with Gasteiger partial charge in [-0.05, 0) is 44.7 Å². The number of H-pyrrole nitrogens is 1. The van der Waals surface area contributed by atoms with E-state index < -0.39 is 26.5 Å². The molecule has 2 heterocycles. The van der Waals surface area contributed by atoms with E-state index in [4.69, 9.17) is 4.42 Å². The van der Waals surface area contributed by atoms with Gasteiger partial charge in [0.25, 0.3) is 0 Å². The predicted molar refractivity (Wildman–Crippen MR) is 86.8 cm³/mol. The van der Waals surface area contributed by atoms with E-state index in [0.29, 0.717) is 12.3 Å². The second-order valence-corrected chi connectivity index (χ2v) is 7.76. The smallest absolute Gasteiger partial charge is 0.408 e. The first-order chi connectivity index (χ1) is 11.5. The lowest BCUT2D eigenvalue weighted by Gasteiger charge is -2.14. The number of rotatable bonds is 5. The predicted octanol–water partition coefficient (Wildman–Crippen LogP) is 1.32. The fraction of sp³-hybridized carbons (Fsp3) is 0.533. The van der Waals surface area contributed by atoms with E-state index in [9.17, 15) is 17.6 Å². The third-order valence-corrected chi connectivity index (χ3v) is 5.78. The van der Waals surface area contributed by atoms with Crippen molar-refractivity contribution >= 4 is 21.1 Å². The zero-order chi connectivity index (χ0) is 17.2. The molecule has 3 N–H and O–H groups in total. The van der Waals surface area contributed by atoms with Crippen molar-refractivity contribution in [1.82, 2.24) is 15.0 Å². The highest BCUT2D eigenvalue weighted by atomic mass is 32.2. The van der Waals surface area contributed by atoms with Crippen LogP contribution in [0.25, 0.3) is 11.1 Å². The summed E-state index contributed by atoms with van der Waals surface area (Å²) in [6.45, 7) is 2.19. The maximum atomic E-state index is 14.1. The van der Waals surface area contributed by atoms with Crippen molar-refractivity contribution in [3.05, 3.63) is 28.5 Å². The molecule has 1 atom stereocenters. The molecule has 132 valence electrons. The molecule has 7 nitrogen and oxygen atoms in total. The minimum absolute atomic E-state index is 0.0108. The maximum Gasteiger partial charge on any atom is 0.417 e. The molecule has 1 fully saturated rings. The van der Waals surface area contributed by atoms with E-state index in [0.717, 1.165) is 44.5 Å². The number of fused-ring (bicyclic) bond motifs is 1. The zero-order valence-corrected chi connectivity index (χ0v) is 13.9. The monoisotopic (exact) mass is 357 g/mol. The highest BCUT2D eigenvalue weighted by Gasteiger charge is 2.22. The topological polar surface area (TPSA) is 104 Å². The number of hydrogen-bond donors (Lipinski definition) is 3. The van der Waals surface area contributed by atoms with Crippen LogP contribution in [0.4, 0.5) is 4.39 Å². The molecule has 2 aromatic rings. The molecule has 0 spiro atoms. The molecule has 0 radical (unpaired) electrons. The Morgan fingerprint density at radius 3 is 2.96 bits per heavy atom. The van der Waals surface area contributed by atoms with Crippen LogP contribution in [-0.4, -0.2) is 33.0 Å². The minimum atomic E-state index is -4.00. The van der Waals surface area contributed by atoms with E-state index in [1.165, 1.54) is 0 Å². The molecule has 1 aliphatic rings. The van der Waals surface area contributed by atoms with Crippen LogP contribution in [0.15, 0.2) is 26.2 Å². The summed E-state index contributed by atoms with van der Waals surface area (Å²) in [5, 5.41) is 3.31. The quantitative estimate of drug-likeness (QED) is 0.749. The number of hydrogen-bond acceptors (Lipinski definition) is 5. The van der Waals surface area contributed by atoms with Crippen LogP contribution in [0, 0.1) is 11.7 Å². The first kappa shape index (κ1) is 17.1. The van der Waals surface area contributed by atoms with Crippen molar-refractivity contribution in [2.24, 2.45) is 5.92 Å². The van der Waals surface area contributed by atoms with Crippen LogP contribution in [-0.2, 0) is 10.0 Å². The van der Waals surface area contributed by atoms with E-state index >= 15 is 0 Å². The summed E-state index contributed by atoms with van der Waals surface area (Å²) in [5.41, 5.74) is 0.138. The third kappa shape index (κ3) is 3.85. The molecule has 0 saturated carbocycles. The van der Waals surface area contributed by atoms with Gasteiger partial charge in [0.2, 0.25) is 10.0 Å². The molecule has 3 rings (SSSR count). The van der Waals surface area contributed by atoms with E-state index in [1.54, 1.807) is 0 Å². The Hall–Kier alpha value is -1.71. The zero-order valence-electron chi connectivity index (χ0n) is 13.1. The van der Waals surface area contributed by atoms with Gasteiger partial charge in [0, 0.05) is 18.7 Å². The summed E-state index contributed by atoms with van der Waals surface area (Å²) < 4.78 is 45.9. The Morgan fingerprint density at radius 2 is 2.12 bits per heavy atom. The van der Waals surface area contributed by atoms with Crippen molar-refractivity contribution in [2.75, 3.05) is 19.6 Å². The van der Waals surface area contributed by atoms with Crippen molar-refractivity contribution in [3.63, 3.8) is 0 Å². The van der Waals surface area contributed by atoms with Crippen molar-refractivity contribution in [3.8, 4) is 0 Å². The van der Waals surface area contributed by atoms with Gasteiger partial charge in [-0.1, -0.05) is 0 Å². The Kier molecular flexibility index (Phi) is 5.02. The molecule has 9 heteroatoms. The largest absolute Gasteiger partial charge is 0.417 e. The molecule has 1 aromatic heterocycles. The van der Waals surface area contributed by atoms with Crippen LogP contribution < -0.4 is 15.8 Å². The van der Waals surface area contributed by atoms with Crippen molar-refractivity contribution < 1.29 is 17.2 Å². The summed E-state index contributed by atoms with van der Waals surface area (Å²) >= 11 is 0. The Labute approximate surface area is 138 Å². The summed E-state index contributed by atoms with van der Waals surface area (Å²) in [6.07, 6.45) is 3.86. The fourth-order valence-electron chi connectivity index (χ4n) is 3.01. The van der Waals surface area contributed by atoms with Gasteiger partial charge in [-0.15, -0.1) is 0 Å². The average molecular weight is 357 g/mol. The Bertz CT molecular complexity index is 866. The molecular weight excluding hydrogens is 337 g/mol. The highest BCUT2D eigenvalue weighted by Crippen LogP contribution is 2.21. The number of nitrogens with one attached hydrogen (secondary N) is 3. The van der Waals surface area contributed by atoms with Gasteiger partial charge in [0.15, 0.2) is 5.58 Å². The minimum Gasteiger partial charge on any atom is -0.408 e. The molecule has 0 aliphatic carbocycles. The number of halogens is 1. The highest BCUT2D eigenvalue weighted by molar-refractivity contribution is 7.89. The molecule has 0 amide bonds. The number of aromatic amines is 1. The average Bonchev–Trinajstić information content (AvgIpc) is 2.71. The standard InChI is InChI=1S/C15H20FN3O4S/c16-11-8-12-13(23-15(20)19-12)9-14(11)24(21,22)18-7-4-10-2-1-5-17-6-3-10/h8-10,17-18H,1-7H2,(H,19,20). The number of aromatic nitrogens is 1. The van der Waals surface area contributed by atoms with Crippen molar-refractivity contribution in [1.29, 1.82) is 0 Å². The Balaban J connectivity index is 1.70. The molecule has 24 heavy (non-hydrogen) atoms. The van der Waals surface area contributed by atoms with Gasteiger partial charge in [-0.2, -0.15) is 0 Å². The van der Waals surface area contributed by atoms with Gasteiger partial charge >= 0.3 is 5.76 Å². The fourth-order valence-corrected chi connectivity index (χ4v) is 4.13. The van der Waals surface area contributed by atoms with Gasteiger partial charge in [-0.25, -0.2) is 22.3 Å². The van der Waals surface area contributed by atoms with Gasteiger partial charge in [0.05, 0.1) is 5.52 Å². The van der Waals surface area contributed by atoms with E-state index in [1.807, 2.05) is 0 Å². The van der Waals surface area contributed by atoms with Gasteiger partial charge in [-0.3, -0.25) is 4.98 Å². The first-order valence-electron chi connectivity index (χ1n) is 7.98. The maximum absolute atomic E-state index is 14.1. The number of sulfonamides is 1. The Morgan fingerprint density at radius 1 is 1.29 bits per heavy atom. The second-order valence-electron chi connectivity index (χ2n) is 6.03. The van der Waals surface area contributed by atoms with Crippen LogP contribution in [0.3, 0.4) is 0 Å². The van der Waals surface area contributed by atoms with Crippen molar-refractivity contribution in [2.45, 2.75) is 30.6 Å². The number of oxazole rings is 1. The van der Waals surface area contributed by atoms with Crippen LogP contribution >= 0.6 is 0 Å². The molecule has 1 aromatic carbocycles. The van der Waals surface area contributed by atoms with E-state index in [2.05, 4.69) is 15.0 Å². The normalized spacial score (nSPS) is 19.5. The molecule has 0 bridgehead atoms. The molecule has 1 unspecified atom stereocenters. The summed E-state index contributed by atoms with van der Waals surface area (Å²) in [6, 6.07) is 1.98. The number of benzene rings is 1. The van der Waals surface area contributed by atoms with Gasteiger partial charge < -0.3 is 9.73 Å². The molecular formula is C15H20FN3O4S. The van der Waals surface area contributed by atoms with Gasteiger partial charge in [0.1, 0.15) is 10.7 Å². The van der Waals surface area contributed by atoms with Crippen LogP contribution in [0.2, 0.25) is 0 Å². The van der Waals surface area contributed by atoms with E-state index in [-0.39, 0.29) is 17.6 Å². The lowest BCUT2D eigenvalue weighted by atomic mass is 9.97. The van der Waals surface area contributed by atoms with Crippen LogP contribution in [0.5, 0.6) is 0 Å². The summed E-state index contributed by atoms with van der Waals surface area (Å²) in [5.74, 6) is -1.22. The SMILES string of the molecule is O=c1[nH]c2cc(F)c(S(=O)(=O)NCCC3CCCNCC3)cc2o1. The third-order valence-electron chi connectivity index (χ3n) is 4.30. The molecule has 1 aliphatic heterocycles. The lowest BCUT2D eigenvalue weighted by molar-refractivity contribution is 0.436. The first-order valence-corrected chi connectivity index (χ1v) is 9.47. The van der Waals surface area contributed by atoms with Crippen LogP contribution in [0.1, 0.15) is 25.7 Å². The second kappa shape index (κ2) is 7.04. The lowest BCUT2D eigenvalue weighted by Crippen LogP contribution is -2.27. The summed E-state index contributed by atoms with van der Waals surface area (Å²) in [4.78, 5) is 12.9.